The largest absolute Gasteiger partial charge is 0.496 e. The number of H-pyrrole nitrogens is 1. The molecule has 6 heteroatoms. The molecule has 1 saturated heterocycles. The van der Waals surface area contributed by atoms with Crippen LogP contribution in [0.4, 0.5) is 0 Å². The molecule has 0 bridgehead atoms. The lowest BCUT2D eigenvalue weighted by Crippen LogP contribution is -2.42. The van der Waals surface area contributed by atoms with Crippen LogP contribution in [0.5, 0.6) is 5.75 Å². The molecule has 134 valence electrons. The van der Waals surface area contributed by atoms with Crippen molar-refractivity contribution >= 4 is 5.91 Å². The molecule has 0 saturated carbocycles. The number of carbonyl (C=O) groups excluding carboxylic acids is 1. The Morgan fingerprint density at radius 3 is 2.68 bits per heavy atom. The maximum atomic E-state index is 12.2. The van der Waals surface area contributed by atoms with Gasteiger partial charge in [-0.15, -0.1) is 0 Å². The number of nitrogens with one attached hydrogen (secondary N) is 1. The van der Waals surface area contributed by atoms with E-state index in [-0.39, 0.29) is 5.91 Å². The average molecular weight is 342 g/mol. The lowest BCUT2D eigenvalue weighted by molar-refractivity contribution is -0.132. The number of aromatic amines is 1. The zero-order chi connectivity index (χ0) is 17.8. The molecule has 1 aromatic heterocycles. The third kappa shape index (κ3) is 4.02. The molecule has 3 rings (SSSR count). The first kappa shape index (κ1) is 17.5. The molecule has 1 aromatic carbocycles. The van der Waals surface area contributed by atoms with Crippen molar-refractivity contribution in [3.8, 4) is 17.0 Å². The van der Waals surface area contributed by atoms with E-state index in [1.807, 2.05) is 30.0 Å². The van der Waals surface area contributed by atoms with Crippen LogP contribution in [-0.4, -0.2) is 66.7 Å². The fourth-order valence-electron chi connectivity index (χ4n) is 3.42. The maximum Gasteiger partial charge on any atom is 0.236 e. The third-order valence-corrected chi connectivity index (χ3v) is 4.79. The van der Waals surface area contributed by atoms with Crippen molar-refractivity contribution in [3.05, 3.63) is 36.0 Å². The fraction of sp³-hybridized carbons (Fsp3) is 0.474. The molecule has 25 heavy (non-hydrogen) atoms. The fourth-order valence-corrected chi connectivity index (χ4v) is 3.42. The van der Waals surface area contributed by atoms with Crippen molar-refractivity contribution in [2.75, 3.05) is 40.8 Å². The van der Waals surface area contributed by atoms with Gasteiger partial charge in [0.1, 0.15) is 5.75 Å². The standard InChI is InChI=1S/C19H26N4O2/c1-22(2)13-19(24)23-10-7-14(8-11-23)15-4-5-16(18(12-15)25-3)17-6-9-20-21-17/h4-6,9,12,14H,7-8,10-11,13H2,1-3H3,(H,20,21). The zero-order valence-corrected chi connectivity index (χ0v) is 15.2. The topological polar surface area (TPSA) is 61.5 Å². The molecule has 0 atom stereocenters. The summed E-state index contributed by atoms with van der Waals surface area (Å²) in [5.41, 5.74) is 3.25. The summed E-state index contributed by atoms with van der Waals surface area (Å²) in [4.78, 5) is 16.1. The van der Waals surface area contributed by atoms with Crippen LogP contribution in [0.1, 0.15) is 24.3 Å². The Bertz CT molecular complexity index is 704. The number of likely N-dealkylation sites (tertiary alicyclic amines) is 1. The number of amides is 1. The molecule has 0 unspecified atom stereocenters. The molecular weight excluding hydrogens is 316 g/mol. The number of benzene rings is 1. The molecule has 0 aliphatic carbocycles. The van der Waals surface area contributed by atoms with Gasteiger partial charge in [0.15, 0.2) is 0 Å². The van der Waals surface area contributed by atoms with Gasteiger partial charge in [0.05, 0.1) is 19.3 Å². The minimum atomic E-state index is 0.218. The quantitative estimate of drug-likeness (QED) is 0.906. The van der Waals surface area contributed by atoms with Crippen molar-refractivity contribution in [2.24, 2.45) is 0 Å². The van der Waals surface area contributed by atoms with Crippen LogP contribution < -0.4 is 4.74 Å². The summed E-state index contributed by atoms with van der Waals surface area (Å²) in [5, 5.41) is 6.99. The smallest absolute Gasteiger partial charge is 0.236 e. The Labute approximate surface area is 148 Å². The molecule has 1 amide bonds. The highest BCUT2D eigenvalue weighted by molar-refractivity contribution is 5.78. The van der Waals surface area contributed by atoms with E-state index in [2.05, 4.69) is 28.4 Å². The molecule has 1 aliphatic heterocycles. The Morgan fingerprint density at radius 2 is 2.08 bits per heavy atom. The molecule has 2 heterocycles. The predicted molar refractivity (Wildman–Crippen MR) is 97.7 cm³/mol. The molecular formula is C19H26N4O2. The SMILES string of the molecule is COc1cc(C2CCN(C(=O)CN(C)C)CC2)ccc1-c1ccn[nH]1. The number of hydrogen-bond donors (Lipinski definition) is 1. The van der Waals surface area contributed by atoms with Crippen molar-refractivity contribution in [3.63, 3.8) is 0 Å². The van der Waals surface area contributed by atoms with Crippen molar-refractivity contribution in [1.29, 1.82) is 0 Å². The van der Waals surface area contributed by atoms with Crippen LogP contribution in [0.25, 0.3) is 11.3 Å². The number of aromatic nitrogens is 2. The molecule has 0 spiro atoms. The molecule has 6 nitrogen and oxygen atoms in total. The van der Waals surface area contributed by atoms with Gasteiger partial charge in [-0.3, -0.25) is 9.89 Å². The first-order chi connectivity index (χ1) is 12.1. The summed E-state index contributed by atoms with van der Waals surface area (Å²) in [6.45, 7) is 2.13. The molecule has 1 aliphatic rings. The van der Waals surface area contributed by atoms with Crippen LogP contribution in [0.15, 0.2) is 30.5 Å². The lowest BCUT2D eigenvalue weighted by atomic mass is 9.88. The summed E-state index contributed by atoms with van der Waals surface area (Å²) in [6, 6.07) is 8.32. The lowest BCUT2D eigenvalue weighted by Gasteiger charge is -2.33. The normalized spacial score (nSPS) is 15.6. The first-order valence-electron chi connectivity index (χ1n) is 8.68. The second kappa shape index (κ2) is 7.70. The van der Waals surface area contributed by atoms with E-state index in [1.54, 1.807) is 13.3 Å². The number of carbonyl (C=O) groups is 1. The van der Waals surface area contributed by atoms with E-state index in [1.165, 1.54) is 5.56 Å². The second-order valence-corrected chi connectivity index (χ2v) is 6.82. The first-order valence-corrected chi connectivity index (χ1v) is 8.68. The van der Waals surface area contributed by atoms with Gasteiger partial charge in [-0.1, -0.05) is 6.07 Å². The number of rotatable bonds is 5. The predicted octanol–water partition coefficient (Wildman–Crippen LogP) is 2.35. The highest BCUT2D eigenvalue weighted by Gasteiger charge is 2.24. The highest BCUT2D eigenvalue weighted by Crippen LogP contribution is 2.35. The molecule has 1 N–H and O–H groups in total. The number of methoxy groups -OCH3 is 1. The summed E-state index contributed by atoms with van der Waals surface area (Å²) >= 11 is 0. The van der Waals surface area contributed by atoms with Crippen LogP contribution in [-0.2, 0) is 4.79 Å². The van der Waals surface area contributed by atoms with E-state index in [4.69, 9.17) is 4.74 Å². The average Bonchev–Trinajstić information content (AvgIpc) is 3.15. The van der Waals surface area contributed by atoms with Gasteiger partial charge in [0.25, 0.3) is 0 Å². The zero-order valence-electron chi connectivity index (χ0n) is 15.2. The number of hydrogen-bond acceptors (Lipinski definition) is 4. The Morgan fingerprint density at radius 1 is 1.32 bits per heavy atom. The Hall–Kier alpha value is -2.34. The van der Waals surface area contributed by atoms with Crippen molar-refractivity contribution in [1.82, 2.24) is 20.0 Å². The van der Waals surface area contributed by atoms with E-state index >= 15 is 0 Å². The van der Waals surface area contributed by atoms with Gasteiger partial charge < -0.3 is 14.5 Å². The second-order valence-electron chi connectivity index (χ2n) is 6.82. The minimum absolute atomic E-state index is 0.218. The van der Waals surface area contributed by atoms with E-state index in [0.717, 1.165) is 42.9 Å². The van der Waals surface area contributed by atoms with Crippen LogP contribution in [0.3, 0.4) is 0 Å². The van der Waals surface area contributed by atoms with E-state index in [0.29, 0.717) is 12.5 Å². The van der Waals surface area contributed by atoms with Crippen LogP contribution in [0.2, 0.25) is 0 Å². The van der Waals surface area contributed by atoms with Crippen LogP contribution >= 0.6 is 0 Å². The third-order valence-electron chi connectivity index (χ3n) is 4.79. The number of piperidine rings is 1. The highest BCUT2D eigenvalue weighted by atomic mass is 16.5. The number of likely N-dealkylation sites (N-methyl/N-ethyl adjacent to an activating group) is 1. The van der Waals surface area contributed by atoms with E-state index in [9.17, 15) is 4.79 Å². The van der Waals surface area contributed by atoms with Gasteiger partial charge in [0, 0.05) is 24.8 Å². The molecule has 0 radical (unpaired) electrons. The minimum Gasteiger partial charge on any atom is -0.496 e. The van der Waals surface area contributed by atoms with Crippen molar-refractivity contribution < 1.29 is 9.53 Å². The summed E-state index contributed by atoms with van der Waals surface area (Å²) in [5.74, 6) is 1.54. The van der Waals surface area contributed by atoms with E-state index < -0.39 is 0 Å². The maximum absolute atomic E-state index is 12.2. The summed E-state index contributed by atoms with van der Waals surface area (Å²) in [6.07, 6.45) is 3.72. The van der Waals surface area contributed by atoms with Crippen molar-refractivity contribution in [2.45, 2.75) is 18.8 Å². The molecule has 1 fully saturated rings. The monoisotopic (exact) mass is 342 g/mol. The van der Waals surface area contributed by atoms with Crippen LogP contribution in [0, 0.1) is 0 Å². The van der Waals surface area contributed by atoms with Gasteiger partial charge >= 0.3 is 0 Å². The van der Waals surface area contributed by atoms with Gasteiger partial charge in [-0.25, -0.2) is 0 Å². The Balaban J connectivity index is 1.68. The number of nitrogens with zero attached hydrogens (tertiary/aromatic N) is 3. The summed E-state index contributed by atoms with van der Waals surface area (Å²) in [7, 11) is 5.55. The van der Waals surface area contributed by atoms with Gasteiger partial charge in [-0.2, -0.15) is 5.10 Å². The van der Waals surface area contributed by atoms with Gasteiger partial charge in [0.2, 0.25) is 5.91 Å². The Kier molecular flexibility index (Phi) is 5.38. The van der Waals surface area contributed by atoms with Gasteiger partial charge in [-0.05, 0) is 56.6 Å². The molecule has 2 aromatic rings. The number of ether oxygens (including phenoxy) is 1. The summed E-state index contributed by atoms with van der Waals surface area (Å²) < 4.78 is 5.59.